The Balaban J connectivity index is 2.00. The van der Waals surface area contributed by atoms with Crippen molar-refractivity contribution < 1.29 is 14.7 Å². The lowest BCUT2D eigenvalue weighted by molar-refractivity contribution is 0.0908. The van der Waals surface area contributed by atoms with Crippen LogP contribution in [0, 0.1) is 0 Å². The van der Waals surface area contributed by atoms with Gasteiger partial charge < -0.3 is 15.0 Å². The van der Waals surface area contributed by atoms with Crippen LogP contribution >= 0.6 is 11.6 Å². The Morgan fingerprint density at radius 3 is 2.50 bits per heavy atom. The fourth-order valence-corrected chi connectivity index (χ4v) is 2.19. The molecule has 1 heterocycles. The lowest BCUT2D eigenvalue weighted by Crippen LogP contribution is -2.29. The van der Waals surface area contributed by atoms with E-state index in [4.69, 9.17) is 11.6 Å². The van der Waals surface area contributed by atoms with Crippen molar-refractivity contribution in [3.05, 3.63) is 58.4 Å². The van der Waals surface area contributed by atoms with E-state index in [1.165, 1.54) is 13.0 Å². The predicted molar refractivity (Wildman–Crippen MR) is 84.2 cm³/mol. The van der Waals surface area contributed by atoms with Crippen molar-refractivity contribution in [1.82, 2.24) is 9.88 Å². The summed E-state index contributed by atoms with van der Waals surface area (Å²) in [5, 5.41) is 13.3. The Hall–Kier alpha value is -2.11. The summed E-state index contributed by atoms with van der Waals surface area (Å²) in [6, 6.07) is 8.30. The predicted octanol–water partition coefficient (Wildman–Crippen LogP) is 2.34. The Bertz CT molecular complexity index is 692. The van der Waals surface area contributed by atoms with Crippen LogP contribution in [-0.2, 0) is 7.05 Å². The molecule has 0 bridgehead atoms. The quantitative estimate of drug-likeness (QED) is 0.831. The third-order valence-corrected chi connectivity index (χ3v) is 3.61. The van der Waals surface area contributed by atoms with Crippen molar-refractivity contribution in [2.75, 3.05) is 6.54 Å². The summed E-state index contributed by atoms with van der Waals surface area (Å²) in [5.41, 5.74) is 1.51. The number of nitrogens with one attached hydrogen (secondary N) is 1. The lowest BCUT2D eigenvalue weighted by atomic mass is 10.1. The number of amides is 1. The summed E-state index contributed by atoms with van der Waals surface area (Å²) in [7, 11) is 1.69. The maximum absolute atomic E-state index is 12.1. The Labute approximate surface area is 133 Å². The normalized spacial score (nSPS) is 12.0. The molecule has 0 saturated heterocycles. The van der Waals surface area contributed by atoms with E-state index in [9.17, 15) is 14.7 Å². The van der Waals surface area contributed by atoms with Crippen LogP contribution in [0.4, 0.5) is 0 Å². The van der Waals surface area contributed by atoms with E-state index in [2.05, 4.69) is 5.32 Å². The number of hydrogen-bond acceptors (Lipinski definition) is 3. The molecule has 0 radical (unpaired) electrons. The number of benzene rings is 1. The van der Waals surface area contributed by atoms with Crippen LogP contribution in [0.3, 0.4) is 0 Å². The van der Waals surface area contributed by atoms with Crippen LogP contribution in [-0.4, -0.2) is 27.9 Å². The summed E-state index contributed by atoms with van der Waals surface area (Å²) in [6.07, 6.45) is 0.779. The number of rotatable bonds is 5. The Morgan fingerprint density at radius 1 is 1.32 bits per heavy atom. The zero-order valence-electron chi connectivity index (χ0n) is 12.3. The van der Waals surface area contributed by atoms with Crippen molar-refractivity contribution in [1.29, 1.82) is 0 Å². The molecular formula is C16H17ClN2O3. The van der Waals surface area contributed by atoms with Gasteiger partial charge in [-0.05, 0) is 30.7 Å². The van der Waals surface area contributed by atoms with Crippen LogP contribution < -0.4 is 5.32 Å². The van der Waals surface area contributed by atoms with Crippen molar-refractivity contribution in [2.45, 2.75) is 13.0 Å². The fourth-order valence-electron chi connectivity index (χ4n) is 2.07. The molecule has 1 aromatic heterocycles. The number of hydrogen-bond donors (Lipinski definition) is 2. The lowest BCUT2D eigenvalue weighted by Gasteiger charge is -2.12. The van der Waals surface area contributed by atoms with Crippen LogP contribution in [0.25, 0.3) is 0 Å². The van der Waals surface area contributed by atoms with Gasteiger partial charge in [0, 0.05) is 30.4 Å². The van der Waals surface area contributed by atoms with Crippen molar-refractivity contribution in [2.24, 2.45) is 7.05 Å². The summed E-state index contributed by atoms with van der Waals surface area (Å²) in [6.45, 7) is 1.52. The number of ketones is 1. The van der Waals surface area contributed by atoms with Gasteiger partial charge in [-0.15, -0.1) is 0 Å². The molecule has 0 aliphatic carbocycles. The number of Topliss-reactive ketones (excluding diaryl/α,β-unsaturated/α-hetero) is 1. The first-order valence-corrected chi connectivity index (χ1v) is 7.15. The average Bonchev–Trinajstić information content (AvgIpc) is 2.87. The van der Waals surface area contributed by atoms with Gasteiger partial charge in [-0.1, -0.05) is 23.7 Å². The second-order valence-electron chi connectivity index (χ2n) is 5.06. The molecule has 2 N–H and O–H groups in total. The van der Waals surface area contributed by atoms with Crippen LogP contribution in [0.1, 0.15) is 39.4 Å². The van der Waals surface area contributed by atoms with Crippen molar-refractivity contribution in [3.8, 4) is 0 Å². The third kappa shape index (κ3) is 3.75. The number of nitrogens with zero attached hydrogens (tertiary/aromatic N) is 1. The molecule has 0 aliphatic heterocycles. The molecule has 2 aromatic rings. The second-order valence-corrected chi connectivity index (χ2v) is 5.49. The van der Waals surface area contributed by atoms with Gasteiger partial charge in [0.05, 0.1) is 6.10 Å². The van der Waals surface area contributed by atoms with E-state index < -0.39 is 6.10 Å². The fraction of sp³-hybridized carbons (Fsp3) is 0.250. The molecule has 22 heavy (non-hydrogen) atoms. The number of aryl methyl sites for hydroxylation is 1. The highest BCUT2D eigenvalue weighted by Gasteiger charge is 2.15. The maximum Gasteiger partial charge on any atom is 0.268 e. The average molecular weight is 321 g/mol. The van der Waals surface area contributed by atoms with E-state index in [1.54, 1.807) is 42.1 Å². The molecule has 1 aromatic carbocycles. The van der Waals surface area contributed by atoms with Gasteiger partial charge in [0.2, 0.25) is 0 Å². The first kappa shape index (κ1) is 16.3. The van der Waals surface area contributed by atoms with Gasteiger partial charge in [-0.3, -0.25) is 9.59 Å². The highest BCUT2D eigenvalue weighted by atomic mass is 35.5. The molecule has 5 nitrogen and oxygen atoms in total. The molecule has 0 spiro atoms. The molecule has 6 heteroatoms. The molecule has 0 fully saturated rings. The number of aliphatic hydroxyl groups is 1. The minimum atomic E-state index is -0.825. The van der Waals surface area contributed by atoms with Crippen LogP contribution in [0.5, 0.6) is 0 Å². The minimum absolute atomic E-state index is 0.0705. The Kier molecular flexibility index (Phi) is 5.00. The molecule has 0 saturated carbocycles. The minimum Gasteiger partial charge on any atom is -0.387 e. The van der Waals surface area contributed by atoms with Gasteiger partial charge in [0.15, 0.2) is 5.78 Å². The number of carbonyl (C=O) groups is 2. The zero-order valence-corrected chi connectivity index (χ0v) is 13.1. The molecule has 1 atom stereocenters. The molecule has 0 aliphatic rings. The standard InChI is InChI=1S/C16H17ClN2O3/c1-10(20)12-7-14(19(2)9-12)16(22)18-8-15(21)11-3-5-13(17)6-4-11/h3-7,9,15,21H,8H2,1-2H3,(H,18,22). The van der Waals surface area contributed by atoms with Crippen molar-refractivity contribution >= 4 is 23.3 Å². The zero-order chi connectivity index (χ0) is 16.3. The van der Waals surface area contributed by atoms with E-state index in [1.807, 2.05) is 0 Å². The van der Waals surface area contributed by atoms with Gasteiger partial charge in [-0.25, -0.2) is 0 Å². The molecule has 116 valence electrons. The largest absolute Gasteiger partial charge is 0.387 e. The molecule has 1 unspecified atom stereocenters. The SMILES string of the molecule is CC(=O)c1cc(C(=O)NCC(O)c2ccc(Cl)cc2)n(C)c1. The monoisotopic (exact) mass is 320 g/mol. The first-order valence-electron chi connectivity index (χ1n) is 6.77. The highest BCUT2D eigenvalue weighted by Crippen LogP contribution is 2.16. The van der Waals surface area contributed by atoms with Gasteiger partial charge in [0.1, 0.15) is 5.69 Å². The van der Waals surface area contributed by atoms with Gasteiger partial charge in [0.25, 0.3) is 5.91 Å². The summed E-state index contributed by atoms with van der Waals surface area (Å²) < 4.78 is 1.58. The topological polar surface area (TPSA) is 71.3 Å². The molecule has 1 amide bonds. The highest BCUT2D eigenvalue weighted by molar-refractivity contribution is 6.30. The summed E-state index contributed by atoms with van der Waals surface area (Å²) in [5.74, 6) is -0.445. The number of halogens is 1. The maximum atomic E-state index is 12.1. The van der Waals surface area contributed by atoms with E-state index in [0.717, 1.165) is 0 Å². The first-order chi connectivity index (χ1) is 10.4. The number of aliphatic hydroxyl groups excluding tert-OH is 1. The summed E-state index contributed by atoms with van der Waals surface area (Å²) in [4.78, 5) is 23.4. The third-order valence-electron chi connectivity index (χ3n) is 3.35. The summed E-state index contributed by atoms with van der Waals surface area (Å²) >= 11 is 5.79. The van der Waals surface area contributed by atoms with Crippen molar-refractivity contribution in [3.63, 3.8) is 0 Å². The van der Waals surface area contributed by atoms with Crippen LogP contribution in [0.2, 0.25) is 5.02 Å². The van der Waals surface area contributed by atoms with E-state index in [0.29, 0.717) is 21.8 Å². The smallest absolute Gasteiger partial charge is 0.268 e. The Morgan fingerprint density at radius 2 is 1.95 bits per heavy atom. The van der Waals surface area contributed by atoms with Crippen LogP contribution in [0.15, 0.2) is 36.5 Å². The number of aromatic nitrogens is 1. The van der Waals surface area contributed by atoms with E-state index >= 15 is 0 Å². The van der Waals surface area contributed by atoms with Gasteiger partial charge in [-0.2, -0.15) is 0 Å². The number of carbonyl (C=O) groups excluding carboxylic acids is 2. The molecular weight excluding hydrogens is 304 g/mol. The molecule has 2 rings (SSSR count). The van der Waals surface area contributed by atoms with E-state index in [-0.39, 0.29) is 18.2 Å². The second kappa shape index (κ2) is 6.77. The van der Waals surface area contributed by atoms with Gasteiger partial charge >= 0.3 is 0 Å².